The molecule has 20 heavy (non-hydrogen) atoms. The van der Waals surface area contributed by atoms with Crippen LogP contribution in [-0.4, -0.2) is 43.6 Å². The van der Waals surface area contributed by atoms with Gasteiger partial charge in [0.1, 0.15) is 0 Å². The van der Waals surface area contributed by atoms with E-state index < -0.39 is 16.2 Å². The third-order valence-electron chi connectivity index (χ3n) is 3.34. The van der Waals surface area contributed by atoms with Crippen LogP contribution in [0.5, 0.6) is 0 Å². The molecule has 7 heteroatoms. The van der Waals surface area contributed by atoms with Gasteiger partial charge in [0.25, 0.3) is 0 Å². The van der Waals surface area contributed by atoms with Gasteiger partial charge in [0.2, 0.25) is 10.0 Å². The van der Waals surface area contributed by atoms with E-state index in [1.807, 2.05) is 6.07 Å². The molecular formula is C13H15N3O3S. The number of sulfonamides is 1. The number of morpholine rings is 1. The maximum atomic E-state index is 12.8. The molecule has 0 aliphatic carbocycles. The minimum absolute atomic E-state index is 0.214. The second-order valence-corrected chi connectivity index (χ2v) is 6.47. The van der Waals surface area contributed by atoms with Crippen molar-refractivity contribution < 1.29 is 13.2 Å². The first kappa shape index (κ1) is 13.4. The lowest BCUT2D eigenvalue weighted by Crippen LogP contribution is -2.53. The van der Waals surface area contributed by atoms with E-state index >= 15 is 0 Å². The fourth-order valence-corrected chi connectivity index (χ4v) is 4.05. The first-order valence-electron chi connectivity index (χ1n) is 6.28. The highest BCUT2D eigenvalue weighted by Gasteiger charge is 2.32. The summed E-state index contributed by atoms with van der Waals surface area (Å²) in [5.41, 5.74) is 5.86. The summed E-state index contributed by atoms with van der Waals surface area (Å²) in [7, 11) is -3.64. The van der Waals surface area contributed by atoms with Gasteiger partial charge < -0.3 is 10.5 Å². The van der Waals surface area contributed by atoms with Gasteiger partial charge >= 0.3 is 0 Å². The quantitative estimate of drug-likeness (QED) is 0.873. The second kappa shape index (κ2) is 5.10. The molecule has 6 nitrogen and oxygen atoms in total. The summed E-state index contributed by atoms with van der Waals surface area (Å²) < 4.78 is 32.0. The Morgan fingerprint density at radius 2 is 2.20 bits per heavy atom. The van der Waals surface area contributed by atoms with E-state index in [2.05, 4.69) is 4.98 Å². The number of pyridine rings is 1. The lowest BCUT2D eigenvalue weighted by Gasteiger charge is -2.32. The van der Waals surface area contributed by atoms with Gasteiger partial charge in [0.15, 0.2) is 0 Å². The summed E-state index contributed by atoms with van der Waals surface area (Å²) in [6, 6.07) is 6.84. The van der Waals surface area contributed by atoms with Crippen LogP contribution >= 0.6 is 0 Å². The Kier molecular flexibility index (Phi) is 3.43. The zero-order chi connectivity index (χ0) is 14.2. The molecule has 1 unspecified atom stereocenters. The van der Waals surface area contributed by atoms with Crippen LogP contribution < -0.4 is 5.73 Å². The third-order valence-corrected chi connectivity index (χ3v) is 5.32. The maximum absolute atomic E-state index is 12.8. The highest BCUT2D eigenvalue weighted by atomic mass is 32.2. The van der Waals surface area contributed by atoms with Crippen LogP contribution in [0, 0.1) is 0 Å². The molecule has 0 spiro atoms. The van der Waals surface area contributed by atoms with Crippen LogP contribution in [0.1, 0.15) is 0 Å². The van der Waals surface area contributed by atoms with Crippen molar-refractivity contribution in [1.82, 2.24) is 9.29 Å². The summed E-state index contributed by atoms with van der Waals surface area (Å²) in [6.45, 7) is 0.843. The van der Waals surface area contributed by atoms with E-state index in [-0.39, 0.29) is 18.0 Å². The molecule has 0 bridgehead atoms. The number of rotatable bonds is 2. The van der Waals surface area contributed by atoms with Crippen LogP contribution in [0.3, 0.4) is 0 Å². The van der Waals surface area contributed by atoms with Crippen LogP contribution in [0.25, 0.3) is 10.8 Å². The predicted molar refractivity (Wildman–Crippen MR) is 74.4 cm³/mol. The number of aromatic nitrogens is 1. The Labute approximate surface area is 117 Å². The predicted octanol–water partition coefficient (Wildman–Crippen LogP) is 0.540. The lowest BCUT2D eigenvalue weighted by molar-refractivity contribution is 0.0350. The van der Waals surface area contributed by atoms with Crippen molar-refractivity contribution in [1.29, 1.82) is 0 Å². The Balaban J connectivity index is 2.14. The van der Waals surface area contributed by atoms with Crippen molar-refractivity contribution in [3.8, 4) is 0 Å². The van der Waals surface area contributed by atoms with Gasteiger partial charge in [-0.1, -0.05) is 12.1 Å². The smallest absolute Gasteiger partial charge is 0.245 e. The van der Waals surface area contributed by atoms with E-state index in [0.29, 0.717) is 12.0 Å². The van der Waals surface area contributed by atoms with Crippen LogP contribution in [0.2, 0.25) is 0 Å². The van der Waals surface area contributed by atoms with Gasteiger partial charge in [-0.05, 0) is 12.1 Å². The average Bonchev–Trinajstić information content (AvgIpc) is 2.47. The van der Waals surface area contributed by atoms with Crippen LogP contribution in [-0.2, 0) is 14.8 Å². The molecular weight excluding hydrogens is 278 g/mol. The van der Waals surface area contributed by atoms with E-state index in [4.69, 9.17) is 10.5 Å². The summed E-state index contributed by atoms with van der Waals surface area (Å²) in [5, 5.41) is 1.44. The van der Waals surface area contributed by atoms with Gasteiger partial charge in [0.05, 0.1) is 24.3 Å². The molecule has 1 aromatic carbocycles. The summed E-state index contributed by atoms with van der Waals surface area (Å²) in [4.78, 5) is 4.27. The standard InChI is InChI=1S/C13H15N3O3S/c14-13-9-19-7-6-16(13)20(17,18)12-3-1-2-10-8-15-5-4-11(10)12/h1-5,8,13H,6-7,9,14H2. The molecule has 1 aromatic heterocycles. The lowest BCUT2D eigenvalue weighted by atomic mass is 10.2. The number of fused-ring (bicyclic) bond motifs is 1. The summed E-state index contributed by atoms with van der Waals surface area (Å²) in [5.74, 6) is 0. The van der Waals surface area contributed by atoms with Crippen molar-refractivity contribution in [3.63, 3.8) is 0 Å². The molecule has 0 saturated carbocycles. The SMILES string of the molecule is NC1COCCN1S(=O)(=O)c1cccc2cnccc12. The van der Waals surface area contributed by atoms with E-state index in [1.165, 1.54) is 4.31 Å². The Morgan fingerprint density at radius 3 is 3.00 bits per heavy atom. The van der Waals surface area contributed by atoms with E-state index in [9.17, 15) is 8.42 Å². The monoisotopic (exact) mass is 293 g/mol. The minimum Gasteiger partial charge on any atom is -0.377 e. The Morgan fingerprint density at radius 1 is 1.35 bits per heavy atom. The molecule has 2 aromatic rings. The number of benzene rings is 1. The van der Waals surface area contributed by atoms with Crippen LogP contribution in [0.4, 0.5) is 0 Å². The van der Waals surface area contributed by atoms with E-state index in [1.54, 1.807) is 30.6 Å². The number of ether oxygens (including phenoxy) is 1. The van der Waals surface area contributed by atoms with Crippen LogP contribution in [0.15, 0.2) is 41.6 Å². The van der Waals surface area contributed by atoms with Gasteiger partial charge in [-0.2, -0.15) is 4.31 Å². The topological polar surface area (TPSA) is 85.5 Å². The van der Waals surface area contributed by atoms with Crippen molar-refractivity contribution >= 4 is 20.8 Å². The summed E-state index contributed by atoms with van der Waals surface area (Å²) in [6.07, 6.45) is 2.58. The van der Waals surface area contributed by atoms with Gasteiger partial charge in [-0.3, -0.25) is 4.98 Å². The fourth-order valence-electron chi connectivity index (χ4n) is 2.35. The zero-order valence-electron chi connectivity index (χ0n) is 10.8. The normalized spacial score (nSPS) is 21.1. The molecule has 0 radical (unpaired) electrons. The molecule has 2 heterocycles. The van der Waals surface area contributed by atoms with Crippen molar-refractivity contribution in [2.24, 2.45) is 5.73 Å². The fraction of sp³-hybridized carbons (Fsp3) is 0.308. The highest BCUT2D eigenvalue weighted by Crippen LogP contribution is 2.26. The number of nitrogens with two attached hydrogens (primary N) is 1. The second-order valence-electron chi connectivity index (χ2n) is 4.61. The van der Waals surface area contributed by atoms with Gasteiger partial charge in [-0.25, -0.2) is 8.42 Å². The molecule has 0 amide bonds. The first-order chi connectivity index (χ1) is 9.60. The molecule has 106 valence electrons. The molecule has 1 aliphatic rings. The molecule has 1 atom stereocenters. The Bertz CT molecular complexity index is 727. The molecule has 2 N–H and O–H groups in total. The van der Waals surface area contributed by atoms with E-state index in [0.717, 1.165) is 5.39 Å². The molecule has 1 aliphatic heterocycles. The van der Waals surface area contributed by atoms with Crippen molar-refractivity contribution in [3.05, 3.63) is 36.7 Å². The van der Waals surface area contributed by atoms with Crippen molar-refractivity contribution in [2.45, 2.75) is 11.1 Å². The highest BCUT2D eigenvalue weighted by molar-refractivity contribution is 7.89. The maximum Gasteiger partial charge on any atom is 0.245 e. The number of hydrogen-bond acceptors (Lipinski definition) is 5. The number of hydrogen-bond donors (Lipinski definition) is 1. The third kappa shape index (κ3) is 2.18. The summed E-state index contributed by atoms with van der Waals surface area (Å²) >= 11 is 0. The molecule has 1 fully saturated rings. The van der Waals surface area contributed by atoms with Gasteiger partial charge in [-0.15, -0.1) is 0 Å². The van der Waals surface area contributed by atoms with Gasteiger partial charge in [0, 0.05) is 29.7 Å². The Hall–Kier alpha value is -1.54. The largest absolute Gasteiger partial charge is 0.377 e. The molecule has 3 rings (SSSR count). The van der Waals surface area contributed by atoms with Crippen molar-refractivity contribution in [2.75, 3.05) is 19.8 Å². The number of nitrogens with zero attached hydrogens (tertiary/aromatic N) is 2. The average molecular weight is 293 g/mol. The minimum atomic E-state index is -3.64. The molecule has 1 saturated heterocycles. The first-order valence-corrected chi connectivity index (χ1v) is 7.72. The zero-order valence-corrected chi connectivity index (χ0v) is 11.6.